The van der Waals surface area contributed by atoms with Gasteiger partial charge in [0.2, 0.25) is 11.8 Å². The topological polar surface area (TPSA) is 63.4 Å². The molecular formula is C20H22Cl2N2O2. The number of carbonyl (C=O) groups excluding carboxylic acids is 2. The van der Waals surface area contributed by atoms with E-state index >= 15 is 0 Å². The lowest BCUT2D eigenvalue weighted by Crippen LogP contribution is -2.72. The van der Waals surface area contributed by atoms with E-state index in [4.69, 9.17) is 28.9 Å². The van der Waals surface area contributed by atoms with E-state index in [2.05, 4.69) is 0 Å². The number of amides is 2. The number of hydrogen-bond donors (Lipinski definition) is 1. The minimum Gasteiger partial charge on any atom is -0.369 e. The average Bonchev–Trinajstić information content (AvgIpc) is 2.60. The van der Waals surface area contributed by atoms with Crippen LogP contribution in [0.5, 0.6) is 0 Å². The van der Waals surface area contributed by atoms with E-state index in [0.29, 0.717) is 22.8 Å². The zero-order chi connectivity index (χ0) is 18.2. The maximum absolute atomic E-state index is 12.8. The number of nitrogens with zero attached hydrogens (tertiary/aromatic N) is 1. The van der Waals surface area contributed by atoms with Crippen molar-refractivity contribution >= 4 is 35.0 Å². The number of halogens is 2. The largest absolute Gasteiger partial charge is 0.369 e. The fourth-order valence-corrected chi connectivity index (χ4v) is 7.13. The molecule has 5 atom stereocenters. The first-order valence-electron chi connectivity index (χ1n) is 9.42. The van der Waals surface area contributed by atoms with Gasteiger partial charge in [-0.1, -0.05) is 23.7 Å². The van der Waals surface area contributed by atoms with Crippen molar-refractivity contribution in [3.05, 3.63) is 34.9 Å². The van der Waals surface area contributed by atoms with E-state index in [-0.39, 0.29) is 23.9 Å². The molecule has 5 fully saturated rings. The summed E-state index contributed by atoms with van der Waals surface area (Å²) < 4.78 is 0. The van der Waals surface area contributed by atoms with Gasteiger partial charge < -0.3 is 10.6 Å². The molecule has 0 aromatic heterocycles. The lowest BCUT2D eigenvalue weighted by Gasteiger charge is -2.65. The van der Waals surface area contributed by atoms with Crippen molar-refractivity contribution in [2.75, 3.05) is 0 Å². The minimum atomic E-state index is -0.585. The van der Waals surface area contributed by atoms with Crippen LogP contribution in [0.25, 0.3) is 0 Å². The molecule has 1 aromatic carbocycles. The van der Waals surface area contributed by atoms with Crippen molar-refractivity contribution in [2.45, 2.75) is 49.6 Å². The van der Waals surface area contributed by atoms with Crippen LogP contribution >= 0.6 is 23.2 Å². The zero-order valence-electron chi connectivity index (χ0n) is 14.4. The van der Waals surface area contributed by atoms with Crippen molar-refractivity contribution in [1.82, 2.24) is 4.90 Å². The van der Waals surface area contributed by atoms with Gasteiger partial charge in [-0.3, -0.25) is 9.59 Å². The zero-order valence-corrected chi connectivity index (χ0v) is 15.9. The molecule has 2 amide bonds. The summed E-state index contributed by atoms with van der Waals surface area (Å²) in [7, 11) is 0. The Morgan fingerprint density at radius 1 is 1.12 bits per heavy atom. The predicted molar refractivity (Wildman–Crippen MR) is 99.7 cm³/mol. The standard InChI is InChI=1S/C20H22Cl2N2O2/c21-14-3-1-12(2-4-14)16-15(22)18(25)24(16)17-13-6-10-5-11(7-13)9-20(17,8-10)19(23)26/h1-4,10-11,13,15-17H,5-9H2,(H2,23,26). The molecule has 4 nitrogen and oxygen atoms in total. The molecule has 5 aliphatic rings. The molecule has 2 N–H and O–H groups in total. The molecule has 0 radical (unpaired) electrons. The number of hydrogen-bond acceptors (Lipinski definition) is 2. The Kier molecular flexibility index (Phi) is 3.65. The highest BCUT2D eigenvalue weighted by atomic mass is 35.5. The molecule has 0 spiro atoms. The molecule has 6 rings (SSSR count). The lowest BCUT2D eigenvalue weighted by molar-refractivity contribution is -0.185. The molecule has 138 valence electrons. The predicted octanol–water partition coefficient (Wildman–Crippen LogP) is 3.51. The smallest absolute Gasteiger partial charge is 0.243 e. The van der Waals surface area contributed by atoms with Gasteiger partial charge in [0, 0.05) is 11.1 Å². The Morgan fingerprint density at radius 3 is 2.31 bits per heavy atom. The molecule has 6 heteroatoms. The summed E-state index contributed by atoms with van der Waals surface area (Å²) in [5.74, 6) is 1.21. The van der Waals surface area contributed by atoms with Crippen LogP contribution < -0.4 is 5.73 Å². The molecule has 4 saturated carbocycles. The minimum absolute atomic E-state index is 0.0651. The molecule has 26 heavy (non-hydrogen) atoms. The van der Waals surface area contributed by atoms with E-state index in [9.17, 15) is 9.59 Å². The van der Waals surface area contributed by atoms with Crippen LogP contribution in [0.4, 0.5) is 0 Å². The molecule has 1 aliphatic heterocycles. The fraction of sp³-hybridized carbons (Fsp3) is 0.600. The summed E-state index contributed by atoms with van der Waals surface area (Å²) in [5.41, 5.74) is 6.35. The summed E-state index contributed by atoms with van der Waals surface area (Å²) in [6.07, 6.45) is 5.06. The Bertz CT molecular complexity index is 767. The van der Waals surface area contributed by atoms with E-state index < -0.39 is 10.8 Å². The summed E-state index contributed by atoms with van der Waals surface area (Å²) >= 11 is 12.4. The molecule has 4 bridgehead atoms. The molecule has 4 aliphatic carbocycles. The molecular weight excluding hydrogens is 371 g/mol. The number of nitrogens with two attached hydrogens (primary N) is 1. The average molecular weight is 393 g/mol. The van der Waals surface area contributed by atoms with E-state index in [1.165, 1.54) is 6.42 Å². The first-order valence-corrected chi connectivity index (χ1v) is 10.2. The second-order valence-corrected chi connectivity index (χ2v) is 9.62. The van der Waals surface area contributed by atoms with Crippen molar-refractivity contribution in [2.24, 2.45) is 28.9 Å². The SMILES string of the molecule is NC(=O)C12CC3CC(CC(C3)C1N1C(=O)C(Cl)C1c1ccc(Cl)cc1)C2. The maximum atomic E-state index is 12.8. The van der Waals surface area contributed by atoms with Crippen LogP contribution in [-0.2, 0) is 9.59 Å². The summed E-state index contributed by atoms with van der Waals surface area (Å²) in [4.78, 5) is 27.3. The number of β-lactam (4-membered cyclic amide) rings is 1. The van der Waals surface area contributed by atoms with Crippen molar-refractivity contribution in [3.63, 3.8) is 0 Å². The summed E-state index contributed by atoms with van der Waals surface area (Å²) in [5, 5.41) is 0.0681. The Hall–Kier alpha value is -1.26. The number of primary amides is 1. The van der Waals surface area contributed by atoms with Crippen LogP contribution in [0, 0.1) is 23.2 Å². The van der Waals surface area contributed by atoms with Gasteiger partial charge in [-0.15, -0.1) is 11.6 Å². The Balaban J connectivity index is 1.55. The first-order chi connectivity index (χ1) is 12.4. The van der Waals surface area contributed by atoms with Crippen LogP contribution in [0.3, 0.4) is 0 Å². The Morgan fingerprint density at radius 2 is 1.73 bits per heavy atom. The number of carbonyl (C=O) groups is 2. The number of rotatable bonds is 3. The molecule has 5 unspecified atom stereocenters. The van der Waals surface area contributed by atoms with Gasteiger partial charge >= 0.3 is 0 Å². The maximum Gasteiger partial charge on any atom is 0.243 e. The van der Waals surface area contributed by atoms with Gasteiger partial charge in [-0.25, -0.2) is 0 Å². The van der Waals surface area contributed by atoms with E-state index in [0.717, 1.165) is 31.2 Å². The number of benzene rings is 1. The van der Waals surface area contributed by atoms with Crippen LogP contribution in [-0.4, -0.2) is 28.1 Å². The highest BCUT2D eigenvalue weighted by Gasteiger charge is 2.66. The van der Waals surface area contributed by atoms with Crippen LogP contribution in [0.2, 0.25) is 5.02 Å². The van der Waals surface area contributed by atoms with Crippen molar-refractivity contribution < 1.29 is 9.59 Å². The second kappa shape index (κ2) is 5.62. The van der Waals surface area contributed by atoms with Gasteiger partial charge in [0.25, 0.3) is 0 Å². The second-order valence-electron chi connectivity index (χ2n) is 8.72. The number of alkyl halides is 1. The van der Waals surface area contributed by atoms with E-state index in [1.54, 1.807) is 0 Å². The van der Waals surface area contributed by atoms with Gasteiger partial charge in [-0.05, 0) is 67.6 Å². The van der Waals surface area contributed by atoms with Crippen molar-refractivity contribution in [3.8, 4) is 0 Å². The summed E-state index contributed by atoms with van der Waals surface area (Å²) in [6, 6.07) is 7.17. The Labute approximate surface area is 163 Å². The normalized spacial score (nSPS) is 43.5. The third-order valence-corrected chi connectivity index (χ3v) is 8.00. The molecule has 1 saturated heterocycles. The van der Waals surface area contributed by atoms with Gasteiger partial charge in [0.1, 0.15) is 5.38 Å². The van der Waals surface area contributed by atoms with Gasteiger partial charge in [-0.2, -0.15) is 0 Å². The highest BCUT2D eigenvalue weighted by molar-refractivity contribution is 6.33. The fourth-order valence-electron chi connectivity index (χ4n) is 6.63. The number of likely N-dealkylation sites (tertiary alicyclic amines) is 1. The van der Waals surface area contributed by atoms with Crippen LogP contribution in [0.15, 0.2) is 24.3 Å². The highest BCUT2D eigenvalue weighted by Crippen LogP contribution is 2.63. The first kappa shape index (κ1) is 16.9. The lowest BCUT2D eigenvalue weighted by atomic mass is 9.46. The van der Waals surface area contributed by atoms with Crippen LogP contribution in [0.1, 0.15) is 43.7 Å². The quantitative estimate of drug-likeness (QED) is 0.631. The van der Waals surface area contributed by atoms with Gasteiger partial charge in [0.05, 0.1) is 11.5 Å². The van der Waals surface area contributed by atoms with Crippen molar-refractivity contribution in [1.29, 1.82) is 0 Å². The van der Waals surface area contributed by atoms with E-state index in [1.807, 2.05) is 29.2 Å². The monoisotopic (exact) mass is 392 g/mol. The molecule has 1 heterocycles. The molecule has 1 aromatic rings. The summed E-state index contributed by atoms with van der Waals surface area (Å²) in [6.45, 7) is 0. The third kappa shape index (κ3) is 2.15. The van der Waals surface area contributed by atoms with Gasteiger partial charge in [0.15, 0.2) is 0 Å². The third-order valence-electron chi connectivity index (χ3n) is 7.33.